The van der Waals surface area contributed by atoms with Gasteiger partial charge >= 0.3 is 11.9 Å². The highest BCUT2D eigenvalue weighted by Crippen LogP contribution is 2.70. The molecule has 0 bridgehead atoms. The third kappa shape index (κ3) is 9.37. The van der Waals surface area contributed by atoms with Crippen LogP contribution in [0.25, 0.3) is 0 Å². The van der Waals surface area contributed by atoms with Crippen molar-refractivity contribution in [3.8, 4) is 0 Å². The average molecular weight is 971 g/mol. The van der Waals surface area contributed by atoms with Crippen LogP contribution in [0.1, 0.15) is 92.9 Å². The maximum atomic E-state index is 12.6. The van der Waals surface area contributed by atoms with E-state index in [0.717, 1.165) is 31.3 Å². The van der Waals surface area contributed by atoms with Gasteiger partial charge in [-0.3, -0.25) is 9.59 Å². The second-order valence-electron chi connectivity index (χ2n) is 21.4. The number of ether oxygens (including phenoxy) is 9. The van der Waals surface area contributed by atoms with Gasteiger partial charge in [0.15, 0.2) is 43.0 Å². The van der Waals surface area contributed by atoms with Gasteiger partial charge in [0.1, 0.15) is 42.7 Å². The Morgan fingerprint density at radius 1 is 0.838 bits per heavy atom. The van der Waals surface area contributed by atoms with E-state index in [9.17, 15) is 55.5 Å². The molecule has 8 aliphatic rings. The lowest BCUT2D eigenvalue weighted by atomic mass is 9.46. The molecular formula is C48H74O20. The van der Waals surface area contributed by atoms with Crippen LogP contribution in [-0.2, 0) is 52.2 Å². The molecule has 9 N–H and O–H groups in total. The molecule has 4 heterocycles. The number of allylic oxidation sites excluding steroid dienone is 1. The number of carbonyl (C=O) groups excluding carboxylic acids is 2. The van der Waals surface area contributed by atoms with Crippen molar-refractivity contribution in [1.82, 2.24) is 0 Å². The Morgan fingerprint density at radius 2 is 1.53 bits per heavy atom. The molecule has 0 aromatic carbocycles. The van der Waals surface area contributed by atoms with Gasteiger partial charge in [-0.2, -0.15) is 0 Å². The number of fused-ring (bicyclic) bond motifs is 7. The normalized spacial score (nSPS) is 51.1. The Bertz CT molecular complexity index is 1870. The summed E-state index contributed by atoms with van der Waals surface area (Å²) in [6, 6.07) is 0. The zero-order valence-corrected chi connectivity index (χ0v) is 39.8. The van der Waals surface area contributed by atoms with E-state index >= 15 is 0 Å². The zero-order chi connectivity index (χ0) is 49.4. The topological polar surface area (TPSA) is 299 Å². The van der Waals surface area contributed by atoms with Crippen molar-refractivity contribution in [2.45, 2.75) is 203 Å². The second-order valence-corrected chi connectivity index (χ2v) is 21.4. The summed E-state index contributed by atoms with van der Waals surface area (Å²) in [5.74, 6) is -2.50. The van der Waals surface area contributed by atoms with E-state index in [4.69, 9.17) is 42.6 Å². The molecular weight excluding hydrogens is 897 g/mol. The summed E-state index contributed by atoms with van der Waals surface area (Å²) < 4.78 is 54.5. The molecule has 4 aliphatic carbocycles. The molecule has 7 fully saturated rings. The van der Waals surface area contributed by atoms with E-state index in [-0.39, 0.29) is 67.2 Å². The Balaban J connectivity index is 0.975. The molecule has 4 aliphatic heterocycles. The van der Waals surface area contributed by atoms with E-state index in [1.54, 1.807) is 0 Å². The third-order valence-electron chi connectivity index (χ3n) is 17.4. The first-order valence-corrected chi connectivity index (χ1v) is 24.3. The van der Waals surface area contributed by atoms with E-state index in [1.807, 2.05) is 6.92 Å². The molecule has 0 radical (unpaired) electrons. The summed E-state index contributed by atoms with van der Waals surface area (Å²) in [6.45, 7) is 13.6. The predicted molar refractivity (Wildman–Crippen MR) is 232 cm³/mol. The van der Waals surface area contributed by atoms with Crippen LogP contribution in [0.3, 0.4) is 0 Å². The molecule has 4 saturated heterocycles. The van der Waals surface area contributed by atoms with Crippen molar-refractivity contribution < 1.29 is 98.2 Å². The predicted octanol–water partition coefficient (Wildman–Crippen LogP) is -0.160. The highest BCUT2D eigenvalue weighted by molar-refractivity contribution is 5.67. The summed E-state index contributed by atoms with van der Waals surface area (Å²) in [4.78, 5) is 24.8. The number of aliphatic hydroxyl groups is 9. The maximum absolute atomic E-state index is 12.6. The van der Waals surface area contributed by atoms with Crippen molar-refractivity contribution in [3.63, 3.8) is 0 Å². The summed E-state index contributed by atoms with van der Waals surface area (Å²) in [7, 11) is 0. The minimum absolute atomic E-state index is 0.0483. The Morgan fingerprint density at radius 3 is 2.22 bits per heavy atom. The van der Waals surface area contributed by atoms with Crippen LogP contribution in [-0.4, -0.2) is 188 Å². The van der Waals surface area contributed by atoms with Crippen LogP contribution < -0.4 is 0 Å². The van der Waals surface area contributed by atoms with Gasteiger partial charge in [-0.05, 0) is 74.5 Å². The third-order valence-corrected chi connectivity index (χ3v) is 17.4. The lowest BCUT2D eigenvalue weighted by Gasteiger charge is -2.60. The van der Waals surface area contributed by atoms with Crippen LogP contribution in [0.4, 0.5) is 0 Å². The molecule has 386 valence electrons. The van der Waals surface area contributed by atoms with Gasteiger partial charge < -0.3 is 88.6 Å². The smallest absolute Gasteiger partial charge is 0.303 e. The number of rotatable bonds is 13. The number of esters is 2. The molecule has 0 amide bonds. The zero-order valence-electron chi connectivity index (χ0n) is 39.8. The Labute approximate surface area is 396 Å². The van der Waals surface area contributed by atoms with Crippen molar-refractivity contribution in [2.24, 2.45) is 40.4 Å². The fraction of sp³-hybridized carbons (Fsp3) is 0.875. The largest absolute Gasteiger partial charge is 0.456 e. The summed E-state index contributed by atoms with van der Waals surface area (Å²) in [5, 5.41) is 95.8. The van der Waals surface area contributed by atoms with Gasteiger partial charge in [-0.25, -0.2) is 0 Å². The van der Waals surface area contributed by atoms with E-state index < -0.39 is 128 Å². The van der Waals surface area contributed by atoms with Gasteiger partial charge in [0.25, 0.3) is 0 Å². The van der Waals surface area contributed by atoms with Gasteiger partial charge in [-0.15, -0.1) is 0 Å². The molecule has 0 aromatic rings. The van der Waals surface area contributed by atoms with E-state index in [0.29, 0.717) is 18.4 Å². The Kier molecular flexibility index (Phi) is 15.3. The number of hydrogen-bond donors (Lipinski definition) is 9. The van der Waals surface area contributed by atoms with Crippen LogP contribution in [0.15, 0.2) is 23.8 Å². The van der Waals surface area contributed by atoms with Crippen molar-refractivity contribution in [1.29, 1.82) is 0 Å². The van der Waals surface area contributed by atoms with Crippen molar-refractivity contribution in [2.75, 3.05) is 19.8 Å². The summed E-state index contributed by atoms with van der Waals surface area (Å²) in [6.07, 6.45) is -14.4. The SMILES string of the molecule is C=C(CCC1(O)OC2CC3C4CC=C5CC(O)CC(OC6OCC(OC(C)=O)C(OC(C)=O)C6OC6OC(C)C(O)C(O)C6O)C5(C)C4CCC3(C)C2C1C)COC1OC(CO)C(O)C(O)C1O. The van der Waals surface area contributed by atoms with Gasteiger partial charge in [0.05, 0.1) is 44.2 Å². The minimum Gasteiger partial charge on any atom is -0.456 e. The average Bonchev–Trinajstić information content (AvgIpc) is 3.72. The van der Waals surface area contributed by atoms with Gasteiger partial charge in [-0.1, -0.05) is 44.6 Å². The highest BCUT2D eigenvalue weighted by atomic mass is 16.8. The standard InChI is InChI=1S/C48H74O20/c1-20(18-60-43-39(57)38(56)36(54)31(17-49)65-43)10-13-48(59)21(2)34-30(68-48)16-29-27-9-8-25-14-26(52)15-33(47(25,7)28(27)11-12-46(29,34)6)66-45-42(67-44-40(58)37(55)35(53)22(3)62-44)41(64-24(5)51)32(19-61-45)63-23(4)50/h8,21-22,26-45,49,52-59H,1,9-19H2,2-7H3. The second kappa shape index (κ2) is 20.0. The van der Waals surface area contributed by atoms with Crippen LogP contribution in [0, 0.1) is 40.4 Å². The monoisotopic (exact) mass is 970 g/mol. The molecule has 0 spiro atoms. The lowest BCUT2D eigenvalue weighted by Crippen LogP contribution is -2.64. The Hall–Kier alpha value is -2.22. The molecule has 20 nitrogen and oxygen atoms in total. The van der Waals surface area contributed by atoms with Crippen LogP contribution in [0.2, 0.25) is 0 Å². The molecule has 25 unspecified atom stereocenters. The highest BCUT2D eigenvalue weighted by Gasteiger charge is 2.69. The first-order valence-electron chi connectivity index (χ1n) is 24.3. The molecule has 8 rings (SSSR count). The molecule has 20 heteroatoms. The number of aliphatic hydroxyl groups excluding tert-OH is 8. The van der Waals surface area contributed by atoms with Crippen molar-refractivity contribution >= 4 is 11.9 Å². The molecule has 0 aromatic heterocycles. The summed E-state index contributed by atoms with van der Waals surface area (Å²) >= 11 is 0. The van der Waals surface area contributed by atoms with Gasteiger partial charge in [0.2, 0.25) is 0 Å². The minimum atomic E-state index is -1.73. The first-order chi connectivity index (χ1) is 32.0. The number of hydrogen-bond acceptors (Lipinski definition) is 20. The fourth-order valence-electron chi connectivity index (χ4n) is 13.8. The molecule has 68 heavy (non-hydrogen) atoms. The van der Waals surface area contributed by atoms with Gasteiger partial charge in [0, 0.05) is 38.0 Å². The number of carbonyl (C=O) groups is 2. The molecule has 25 atom stereocenters. The molecule has 3 saturated carbocycles. The van der Waals surface area contributed by atoms with Crippen LogP contribution >= 0.6 is 0 Å². The van der Waals surface area contributed by atoms with Crippen molar-refractivity contribution in [3.05, 3.63) is 23.8 Å². The lowest BCUT2D eigenvalue weighted by molar-refractivity contribution is -0.363. The first kappa shape index (κ1) is 52.1. The fourth-order valence-corrected chi connectivity index (χ4v) is 13.8. The summed E-state index contributed by atoms with van der Waals surface area (Å²) in [5.41, 5.74) is 0.865. The quantitative estimate of drug-likeness (QED) is 0.0856. The van der Waals surface area contributed by atoms with Crippen LogP contribution in [0.5, 0.6) is 0 Å². The maximum Gasteiger partial charge on any atom is 0.303 e. The van der Waals surface area contributed by atoms with E-state index in [1.165, 1.54) is 20.8 Å². The van der Waals surface area contributed by atoms with E-state index in [2.05, 4.69) is 26.5 Å².